The van der Waals surface area contributed by atoms with Crippen molar-refractivity contribution in [2.24, 2.45) is 0 Å². The van der Waals surface area contributed by atoms with Gasteiger partial charge in [-0.2, -0.15) is 0 Å². The van der Waals surface area contributed by atoms with E-state index in [-0.39, 0.29) is 11.1 Å². The number of rotatable bonds is 7. The summed E-state index contributed by atoms with van der Waals surface area (Å²) < 4.78 is 31.8. The highest BCUT2D eigenvalue weighted by Crippen LogP contribution is 2.19. The molecule has 0 heterocycles. The summed E-state index contributed by atoms with van der Waals surface area (Å²) >= 11 is 0. The third-order valence-electron chi connectivity index (χ3n) is 4.27. The normalized spacial score (nSPS) is 10.5. The Labute approximate surface area is 172 Å². The van der Waals surface area contributed by atoms with Gasteiger partial charge in [-0.05, 0) is 73.2 Å². The van der Waals surface area contributed by atoms with Crippen molar-refractivity contribution in [3.05, 3.63) is 101 Å². The van der Waals surface area contributed by atoms with E-state index in [0.29, 0.717) is 17.9 Å². The quantitative estimate of drug-likeness (QED) is 0.573. The first-order valence-corrected chi connectivity index (χ1v) is 9.32. The summed E-state index contributed by atoms with van der Waals surface area (Å²) in [5, 5.41) is 5.45. The molecular formula is C23H20F2N2O3. The van der Waals surface area contributed by atoms with E-state index >= 15 is 0 Å². The number of benzene rings is 3. The van der Waals surface area contributed by atoms with Crippen molar-refractivity contribution in [2.75, 3.05) is 6.61 Å². The van der Waals surface area contributed by atoms with Crippen LogP contribution in [0.2, 0.25) is 0 Å². The maximum Gasteiger partial charge on any atom is 0.253 e. The van der Waals surface area contributed by atoms with Crippen molar-refractivity contribution in [3.8, 4) is 5.75 Å². The van der Waals surface area contributed by atoms with Crippen LogP contribution in [0.1, 0.15) is 39.4 Å². The van der Waals surface area contributed by atoms with Crippen LogP contribution in [0.15, 0.2) is 72.8 Å². The minimum Gasteiger partial charge on any atom is -0.494 e. The fraction of sp³-hybridized carbons (Fsp3) is 0.130. The number of amides is 2. The molecule has 0 atom stereocenters. The number of carbonyl (C=O) groups is 2. The topological polar surface area (TPSA) is 67.4 Å². The number of halogens is 2. The summed E-state index contributed by atoms with van der Waals surface area (Å²) in [6.07, 6.45) is -0.902. The van der Waals surface area contributed by atoms with Crippen LogP contribution in [0, 0.1) is 11.6 Å². The molecule has 0 saturated heterocycles. The zero-order chi connectivity index (χ0) is 21.5. The molecule has 3 aromatic rings. The maximum atomic E-state index is 13.2. The van der Waals surface area contributed by atoms with E-state index < -0.39 is 29.6 Å². The molecule has 0 aliphatic heterocycles. The molecule has 2 N–H and O–H groups in total. The van der Waals surface area contributed by atoms with Gasteiger partial charge in [0.1, 0.15) is 23.5 Å². The second-order valence-electron chi connectivity index (χ2n) is 6.40. The van der Waals surface area contributed by atoms with Crippen LogP contribution >= 0.6 is 0 Å². The zero-order valence-electron chi connectivity index (χ0n) is 16.2. The second kappa shape index (κ2) is 9.65. The fourth-order valence-electron chi connectivity index (χ4n) is 2.78. The summed E-state index contributed by atoms with van der Waals surface area (Å²) in [5.41, 5.74) is 1.05. The Morgan fingerprint density at radius 1 is 0.833 bits per heavy atom. The van der Waals surface area contributed by atoms with Crippen LogP contribution in [0.25, 0.3) is 0 Å². The summed E-state index contributed by atoms with van der Waals surface area (Å²) in [6.45, 7) is 2.30. The predicted octanol–water partition coefficient (Wildman–Crippen LogP) is 4.22. The molecule has 0 unspecified atom stereocenters. The van der Waals surface area contributed by atoms with Gasteiger partial charge in [-0.25, -0.2) is 8.78 Å². The van der Waals surface area contributed by atoms with Gasteiger partial charge in [-0.1, -0.05) is 12.1 Å². The molecular weight excluding hydrogens is 390 g/mol. The number of hydrogen-bond acceptors (Lipinski definition) is 3. The van der Waals surface area contributed by atoms with Crippen molar-refractivity contribution >= 4 is 11.8 Å². The molecule has 0 spiro atoms. The Hall–Kier alpha value is -3.74. The first-order valence-electron chi connectivity index (χ1n) is 9.32. The highest BCUT2D eigenvalue weighted by Gasteiger charge is 2.20. The van der Waals surface area contributed by atoms with Crippen molar-refractivity contribution < 1.29 is 23.1 Å². The van der Waals surface area contributed by atoms with Crippen LogP contribution in [0.4, 0.5) is 8.78 Å². The standard InChI is InChI=1S/C23H20F2N2O3/c1-2-30-20-5-3-4-17(14-20)21(26-22(28)15-6-10-18(24)11-7-15)27-23(29)16-8-12-19(25)13-9-16/h3-14,21H,2H2,1H3,(H,26,28)(H,27,29). The largest absolute Gasteiger partial charge is 0.494 e. The van der Waals surface area contributed by atoms with Gasteiger partial charge in [0.2, 0.25) is 0 Å². The minimum atomic E-state index is -0.902. The van der Waals surface area contributed by atoms with Gasteiger partial charge in [0.15, 0.2) is 0 Å². The molecule has 7 heteroatoms. The molecule has 30 heavy (non-hydrogen) atoms. The lowest BCUT2D eigenvalue weighted by atomic mass is 10.1. The van der Waals surface area contributed by atoms with E-state index in [4.69, 9.17) is 4.74 Å². The van der Waals surface area contributed by atoms with Crippen molar-refractivity contribution in [1.29, 1.82) is 0 Å². The number of nitrogens with one attached hydrogen (secondary N) is 2. The van der Waals surface area contributed by atoms with Gasteiger partial charge < -0.3 is 15.4 Å². The van der Waals surface area contributed by atoms with Crippen LogP contribution in [0.3, 0.4) is 0 Å². The summed E-state index contributed by atoms with van der Waals surface area (Å²) in [4.78, 5) is 25.3. The number of hydrogen-bond donors (Lipinski definition) is 2. The van der Waals surface area contributed by atoms with Crippen molar-refractivity contribution in [3.63, 3.8) is 0 Å². The van der Waals surface area contributed by atoms with Crippen LogP contribution in [0.5, 0.6) is 5.75 Å². The number of ether oxygens (including phenoxy) is 1. The summed E-state index contributed by atoms with van der Waals surface area (Å²) in [6, 6.07) is 17.0. The van der Waals surface area contributed by atoms with Gasteiger partial charge in [-0.3, -0.25) is 9.59 Å². The van der Waals surface area contributed by atoms with E-state index in [9.17, 15) is 18.4 Å². The maximum absolute atomic E-state index is 13.2. The molecule has 154 valence electrons. The molecule has 5 nitrogen and oxygen atoms in total. The highest BCUT2D eigenvalue weighted by molar-refractivity contribution is 5.96. The average molecular weight is 410 g/mol. The monoisotopic (exact) mass is 410 g/mol. The van der Waals surface area contributed by atoms with Gasteiger partial charge in [0, 0.05) is 11.1 Å². The molecule has 2 amide bonds. The highest BCUT2D eigenvalue weighted by atomic mass is 19.1. The first kappa shape index (κ1) is 21.0. The zero-order valence-corrected chi connectivity index (χ0v) is 16.2. The lowest BCUT2D eigenvalue weighted by molar-refractivity contribution is 0.0883. The minimum absolute atomic E-state index is 0.235. The van der Waals surface area contributed by atoms with Gasteiger partial charge in [-0.15, -0.1) is 0 Å². The Balaban J connectivity index is 1.86. The van der Waals surface area contributed by atoms with E-state index in [1.165, 1.54) is 48.5 Å². The molecule has 0 fully saturated rings. The molecule has 3 rings (SSSR count). The van der Waals surface area contributed by atoms with Gasteiger partial charge in [0.25, 0.3) is 11.8 Å². The lowest BCUT2D eigenvalue weighted by Gasteiger charge is -2.21. The Kier molecular flexibility index (Phi) is 6.75. The predicted molar refractivity (Wildman–Crippen MR) is 108 cm³/mol. The second-order valence-corrected chi connectivity index (χ2v) is 6.40. The Bertz CT molecular complexity index is 962. The Morgan fingerprint density at radius 3 is 1.80 bits per heavy atom. The Morgan fingerprint density at radius 2 is 1.33 bits per heavy atom. The third-order valence-corrected chi connectivity index (χ3v) is 4.27. The van der Waals surface area contributed by atoms with Gasteiger partial charge in [0.05, 0.1) is 6.61 Å². The molecule has 0 bridgehead atoms. The van der Waals surface area contributed by atoms with Crippen LogP contribution < -0.4 is 15.4 Å². The summed E-state index contributed by atoms with van der Waals surface area (Å²) in [7, 11) is 0. The van der Waals surface area contributed by atoms with Crippen molar-refractivity contribution in [2.45, 2.75) is 13.1 Å². The molecule has 0 aliphatic carbocycles. The van der Waals surface area contributed by atoms with E-state index in [0.717, 1.165) is 0 Å². The van der Waals surface area contributed by atoms with Gasteiger partial charge >= 0.3 is 0 Å². The first-order chi connectivity index (χ1) is 14.5. The molecule has 0 aliphatic rings. The number of carbonyl (C=O) groups excluding carboxylic acids is 2. The fourth-order valence-corrected chi connectivity index (χ4v) is 2.78. The van der Waals surface area contributed by atoms with E-state index in [1.54, 1.807) is 24.3 Å². The lowest BCUT2D eigenvalue weighted by Crippen LogP contribution is -2.41. The average Bonchev–Trinajstić information content (AvgIpc) is 2.74. The molecule has 0 aromatic heterocycles. The van der Waals surface area contributed by atoms with Crippen LogP contribution in [-0.2, 0) is 0 Å². The smallest absolute Gasteiger partial charge is 0.253 e. The molecule has 3 aromatic carbocycles. The van der Waals surface area contributed by atoms with Crippen molar-refractivity contribution in [1.82, 2.24) is 10.6 Å². The molecule has 0 radical (unpaired) electrons. The molecule has 0 saturated carbocycles. The van der Waals surface area contributed by atoms with Crippen LogP contribution in [-0.4, -0.2) is 18.4 Å². The third kappa shape index (κ3) is 5.41. The van der Waals surface area contributed by atoms with E-state index in [1.807, 2.05) is 6.92 Å². The SMILES string of the molecule is CCOc1cccc(C(NC(=O)c2ccc(F)cc2)NC(=O)c2ccc(F)cc2)c1. The van der Waals surface area contributed by atoms with E-state index in [2.05, 4.69) is 10.6 Å². The summed E-state index contributed by atoms with van der Waals surface area (Å²) in [5.74, 6) is -1.34.